The van der Waals surface area contributed by atoms with E-state index in [1.54, 1.807) is 17.1 Å². The predicted molar refractivity (Wildman–Crippen MR) is 60.0 cm³/mol. The van der Waals surface area contributed by atoms with Gasteiger partial charge in [0.25, 0.3) is 0 Å². The van der Waals surface area contributed by atoms with Gasteiger partial charge in [-0.1, -0.05) is 12.1 Å². The van der Waals surface area contributed by atoms with Crippen molar-refractivity contribution in [2.24, 2.45) is 0 Å². The van der Waals surface area contributed by atoms with Crippen LogP contribution in [0.2, 0.25) is 0 Å². The SMILES string of the molecule is CCCOCc1noc(Cn2cc(N)cn2)n1. The molecule has 0 amide bonds. The maximum absolute atomic E-state index is 5.55. The number of rotatable bonds is 6. The number of nitrogens with zero attached hydrogens (tertiary/aromatic N) is 4. The lowest BCUT2D eigenvalue weighted by Gasteiger charge is -1.95. The summed E-state index contributed by atoms with van der Waals surface area (Å²) in [5, 5.41) is 7.84. The highest BCUT2D eigenvalue weighted by molar-refractivity contribution is 5.30. The van der Waals surface area contributed by atoms with Gasteiger partial charge >= 0.3 is 0 Å². The Bertz CT molecular complexity index is 465. The van der Waals surface area contributed by atoms with Gasteiger partial charge in [-0.25, -0.2) is 0 Å². The average molecular weight is 237 g/mol. The van der Waals surface area contributed by atoms with E-state index in [0.717, 1.165) is 6.42 Å². The van der Waals surface area contributed by atoms with Crippen LogP contribution in [0, 0.1) is 0 Å². The second-order valence-corrected chi connectivity index (χ2v) is 3.63. The summed E-state index contributed by atoms with van der Waals surface area (Å²) in [6.07, 6.45) is 4.25. The highest BCUT2D eigenvalue weighted by Crippen LogP contribution is 2.04. The third-order valence-corrected chi connectivity index (χ3v) is 2.04. The fourth-order valence-electron chi connectivity index (χ4n) is 1.33. The maximum atomic E-state index is 5.55. The van der Waals surface area contributed by atoms with Crippen molar-refractivity contribution in [3.05, 3.63) is 24.1 Å². The summed E-state index contributed by atoms with van der Waals surface area (Å²) in [5.74, 6) is 1.04. The van der Waals surface area contributed by atoms with Gasteiger partial charge in [0.1, 0.15) is 13.2 Å². The number of hydrogen-bond acceptors (Lipinski definition) is 6. The standard InChI is InChI=1S/C10H15N5O2/c1-2-3-16-7-9-13-10(17-14-9)6-15-5-8(11)4-12-15/h4-5H,2-3,6-7,11H2,1H3. The summed E-state index contributed by atoms with van der Waals surface area (Å²) in [7, 11) is 0. The molecule has 7 nitrogen and oxygen atoms in total. The van der Waals surface area contributed by atoms with Crippen LogP contribution in [0.4, 0.5) is 5.69 Å². The van der Waals surface area contributed by atoms with Gasteiger partial charge in [-0.2, -0.15) is 10.1 Å². The van der Waals surface area contributed by atoms with Crippen molar-refractivity contribution >= 4 is 5.69 Å². The maximum Gasteiger partial charge on any atom is 0.248 e. The summed E-state index contributed by atoms with van der Waals surface area (Å²) in [4.78, 5) is 4.18. The number of nitrogens with two attached hydrogens (primary N) is 1. The fourth-order valence-corrected chi connectivity index (χ4v) is 1.33. The van der Waals surface area contributed by atoms with E-state index in [2.05, 4.69) is 15.2 Å². The molecule has 0 saturated heterocycles. The van der Waals surface area contributed by atoms with E-state index in [9.17, 15) is 0 Å². The second kappa shape index (κ2) is 5.44. The molecule has 0 atom stereocenters. The molecule has 2 heterocycles. The fraction of sp³-hybridized carbons (Fsp3) is 0.500. The lowest BCUT2D eigenvalue weighted by molar-refractivity contribution is 0.114. The summed E-state index contributed by atoms with van der Waals surface area (Å²) in [6.45, 7) is 3.53. The van der Waals surface area contributed by atoms with Crippen molar-refractivity contribution in [2.45, 2.75) is 26.5 Å². The number of aromatic nitrogens is 4. The molecule has 0 spiro atoms. The highest BCUT2D eigenvalue weighted by atomic mass is 16.5. The molecular formula is C10H15N5O2. The molecule has 2 aromatic heterocycles. The van der Waals surface area contributed by atoms with Crippen molar-refractivity contribution < 1.29 is 9.26 Å². The van der Waals surface area contributed by atoms with Crippen LogP contribution in [0.1, 0.15) is 25.1 Å². The molecule has 0 radical (unpaired) electrons. The Morgan fingerprint density at radius 2 is 2.41 bits per heavy atom. The Morgan fingerprint density at radius 1 is 1.53 bits per heavy atom. The quantitative estimate of drug-likeness (QED) is 0.748. The molecule has 92 valence electrons. The third kappa shape index (κ3) is 3.28. The van der Waals surface area contributed by atoms with Gasteiger partial charge in [0.05, 0.1) is 11.9 Å². The Balaban J connectivity index is 1.89. The predicted octanol–water partition coefficient (Wildman–Crippen LogP) is 0.823. The molecule has 17 heavy (non-hydrogen) atoms. The molecule has 0 aromatic carbocycles. The van der Waals surface area contributed by atoms with Gasteiger partial charge in [-0.15, -0.1) is 0 Å². The molecule has 7 heteroatoms. The number of anilines is 1. The average Bonchev–Trinajstić information content (AvgIpc) is 2.90. The van der Waals surface area contributed by atoms with Crippen molar-refractivity contribution in [3.63, 3.8) is 0 Å². The van der Waals surface area contributed by atoms with Gasteiger partial charge in [0.2, 0.25) is 5.89 Å². The first-order valence-electron chi connectivity index (χ1n) is 5.45. The molecule has 0 bridgehead atoms. The molecule has 0 saturated carbocycles. The summed E-state index contributed by atoms with van der Waals surface area (Å²) < 4.78 is 12.0. The zero-order valence-corrected chi connectivity index (χ0v) is 9.67. The van der Waals surface area contributed by atoms with E-state index in [4.69, 9.17) is 15.0 Å². The number of hydrogen-bond donors (Lipinski definition) is 1. The second-order valence-electron chi connectivity index (χ2n) is 3.63. The van der Waals surface area contributed by atoms with Crippen LogP contribution in [-0.2, 0) is 17.9 Å². The zero-order valence-electron chi connectivity index (χ0n) is 9.67. The molecule has 2 rings (SSSR count). The van der Waals surface area contributed by atoms with E-state index in [1.165, 1.54) is 0 Å². The van der Waals surface area contributed by atoms with E-state index in [-0.39, 0.29) is 0 Å². The normalized spacial score (nSPS) is 10.9. The first kappa shape index (κ1) is 11.6. The molecule has 0 aliphatic rings. The minimum atomic E-state index is 0.374. The van der Waals surface area contributed by atoms with Gasteiger partial charge in [0, 0.05) is 12.8 Å². The van der Waals surface area contributed by atoms with Crippen LogP contribution in [0.3, 0.4) is 0 Å². The molecular weight excluding hydrogens is 222 g/mol. The zero-order chi connectivity index (χ0) is 12.1. The lowest BCUT2D eigenvalue weighted by Crippen LogP contribution is -2.01. The lowest BCUT2D eigenvalue weighted by atomic mass is 10.5. The van der Waals surface area contributed by atoms with Crippen LogP contribution in [0.15, 0.2) is 16.9 Å². The minimum absolute atomic E-state index is 0.374. The Hall–Kier alpha value is -1.89. The monoisotopic (exact) mass is 237 g/mol. The Morgan fingerprint density at radius 3 is 3.12 bits per heavy atom. The summed E-state index contributed by atoms with van der Waals surface area (Å²) >= 11 is 0. The highest BCUT2D eigenvalue weighted by Gasteiger charge is 2.07. The number of ether oxygens (including phenoxy) is 1. The van der Waals surface area contributed by atoms with Gasteiger partial charge in [0.15, 0.2) is 5.82 Å². The molecule has 2 N–H and O–H groups in total. The van der Waals surface area contributed by atoms with Crippen LogP contribution < -0.4 is 5.73 Å². The van der Waals surface area contributed by atoms with Crippen LogP contribution >= 0.6 is 0 Å². The van der Waals surface area contributed by atoms with E-state index in [1.807, 2.05) is 6.92 Å². The third-order valence-electron chi connectivity index (χ3n) is 2.04. The minimum Gasteiger partial charge on any atom is -0.396 e. The van der Waals surface area contributed by atoms with Crippen molar-refractivity contribution in [1.82, 2.24) is 19.9 Å². The first-order valence-corrected chi connectivity index (χ1v) is 5.45. The molecule has 0 aliphatic carbocycles. The molecule has 0 unspecified atom stereocenters. The van der Waals surface area contributed by atoms with E-state index < -0.39 is 0 Å². The first-order chi connectivity index (χ1) is 8.28. The van der Waals surface area contributed by atoms with Crippen molar-refractivity contribution in [2.75, 3.05) is 12.3 Å². The molecule has 0 aliphatic heterocycles. The van der Waals surface area contributed by atoms with Crippen molar-refractivity contribution in [3.8, 4) is 0 Å². The largest absolute Gasteiger partial charge is 0.396 e. The van der Waals surface area contributed by atoms with Crippen molar-refractivity contribution in [1.29, 1.82) is 0 Å². The topological polar surface area (TPSA) is 92.0 Å². The Kier molecular flexibility index (Phi) is 3.71. The Labute approximate surface area is 98.6 Å². The number of nitrogen functional groups attached to an aromatic ring is 1. The van der Waals surface area contributed by atoms with E-state index in [0.29, 0.717) is 37.2 Å². The molecule has 2 aromatic rings. The summed E-state index contributed by atoms with van der Waals surface area (Å²) in [5.41, 5.74) is 6.16. The van der Waals surface area contributed by atoms with Gasteiger partial charge in [-0.3, -0.25) is 4.68 Å². The smallest absolute Gasteiger partial charge is 0.248 e. The van der Waals surface area contributed by atoms with Crippen LogP contribution in [0.25, 0.3) is 0 Å². The van der Waals surface area contributed by atoms with Gasteiger partial charge in [-0.05, 0) is 6.42 Å². The van der Waals surface area contributed by atoms with E-state index >= 15 is 0 Å². The van der Waals surface area contributed by atoms with Crippen LogP contribution in [-0.4, -0.2) is 26.5 Å². The van der Waals surface area contributed by atoms with Crippen LogP contribution in [0.5, 0.6) is 0 Å². The molecule has 0 fully saturated rings. The van der Waals surface area contributed by atoms with Gasteiger partial charge < -0.3 is 15.0 Å². The summed E-state index contributed by atoms with van der Waals surface area (Å²) in [6, 6.07) is 0.